The lowest BCUT2D eigenvalue weighted by Gasteiger charge is -2.11. The summed E-state index contributed by atoms with van der Waals surface area (Å²) in [6.07, 6.45) is -1.93. The number of rotatable bonds is 3. The van der Waals surface area contributed by atoms with Crippen LogP contribution in [0.5, 0.6) is 0 Å². The van der Waals surface area contributed by atoms with Gasteiger partial charge in [0, 0.05) is 17.1 Å². The summed E-state index contributed by atoms with van der Waals surface area (Å²) in [6.45, 7) is 0. The third-order valence-electron chi connectivity index (χ3n) is 1.91. The molecule has 0 aliphatic heterocycles. The van der Waals surface area contributed by atoms with E-state index >= 15 is 0 Å². The summed E-state index contributed by atoms with van der Waals surface area (Å²) < 4.78 is 29.8. The van der Waals surface area contributed by atoms with Crippen LogP contribution in [0.2, 0.25) is 5.15 Å². The van der Waals surface area contributed by atoms with Gasteiger partial charge in [-0.05, 0) is 0 Å². The lowest BCUT2D eigenvalue weighted by atomic mass is 10.1. The minimum Gasteiger partial charge on any atom is -0.465 e. The normalized spacial score (nSPS) is 10.6. The monoisotopic (exact) mass is 313 g/mol. The Bertz CT molecular complexity index is 415. The molecule has 0 radical (unpaired) electrons. The van der Waals surface area contributed by atoms with Gasteiger partial charge >= 0.3 is 5.97 Å². The molecule has 0 aliphatic carbocycles. The van der Waals surface area contributed by atoms with Gasteiger partial charge in [0.05, 0.1) is 18.2 Å². The Hall–Kier alpha value is -0.750. The molecule has 0 amide bonds. The number of methoxy groups -OCH3 is 1. The van der Waals surface area contributed by atoms with Crippen molar-refractivity contribution in [2.24, 2.45) is 0 Å². The summed E-state index contributed by atoms with van der Waals surface area (Å²) in [5.41, 5.74) is -0.508. The molecule has 1 heterocycles. The highest BCUT2D eigenvalue weighted by Gasteiger charge is 2.24. The van der Waals surface area contributed by atoms with Gasteiger partial charge < -0.3 is 4.74 Å². The lowest BCUT2D eigenvalue weighted by molar-refractivity contribution is 0.0588. The van der Waals surface area contributed by atoms with E-state index in [4.69, 9.17) is 11.6 Å². The van der Waals surface area contributed by atoms with Gasteiger partial charge in [-0.15, -0.1) is 0 Å². The first-order valence-corrected chi connectivity index (χ1v) is 5.62. The molecule has 16 heavy (non-hydrogen) atoms. The number of ether oxygens (including phenoxy) is 1. The second-order valence-electron chi connectivity index (χ2n) is 2.78. The predicted molar refractivity (Wildman–Crippen MR) is 58.2 cm³/mol. The maximum atomic E-state index is 12.7. The zero-order valence-electron chi connectivity index (χ0n) is 8.14. The SMILES string of the molecule is COC(=O)c1c(C(F)F)cnc(Cl)c1CBr. The molecule has 0 unspecified atom stereocenters. The summed E-state index contributed by atoms with van der Waals surface area (Å²) in [7, 11) is 1.12. The van der Waals surface area contributed by atoms with Crippen LogP contribution >= 0.6 is 27.5 Å². The molecular formula is C9H7BrClF2NO2. The number of hydrogen-bond acceptors (Lipinski definition) is 3. The van der Waals surface area contributed by atoms with Gasteiger partial charge in [-0.25, -0.2) is 18.6 Å². The van der Waals surface area contributed by atoms with Crippen LogP contribution in [0.25, 0.3) is 0 Å². The summed E-state index contributed by atoms with van der Waals surface area (Å²) in [4.78, 5) is 15.0. The Balaban J connectivity index is 3.47. The van der Waals surface area contributed by atoms with Gasteiger partial charge in [0.2, 0.25) is 0 Å². The molecule has 0 aromatic carbocycles. The van der Waals surface area contributed by atoms with E-state index in [0.717, 1.165) is 13.3 Å². The summed E-state index contributed by atoms with van der Waals surface area (Å²) >= 11 is 8.78. The first kappa shape index (κ1) is 13.3. The molecule has 1 aromatic rings. The Morgan fingerprint density at radius 2 is 2.31 bits per heavy atom. The number of pyridine rings is 1. The van der Waals surface area contributed by atoms with Crippen LogP contribution in [0, 0.1) is 0 Å². The molecule has 0 fully saturated rings. The van der Waals surface area contributed by atoms with Crippen LogP contribution in [-0.4, -0.2) is 18.1 Å². The summed E-state index contributed by atoms with van der Waals surface area (Å²) in [6, 6.07) is 0. The van der Waals surface area contributed by atoms with E-state index < -0.39 is 18.0 Å². The van der Waals surface area contributed by atoms with Gasteiger partial charge in [0.15, 0.2) is 0 Å². The smallest absolute Gasteiger partial charge is 0.338 e. The fraction of sp³-hybridized carbons (Fsp3) is 0.333. The molecule has 88 valence electrons. The average molecular weight is 315 g/mol. The molecule has 0 atom stereocenters. The Morgan fingerprint density at radius 1 is 1.69 bits per heavy atom. The molecule has 0 N–H and O–H groups in total. The first-order valence-electron chi connectivity index (χ1n) is 4.12. The number of alkyl halides is 3. The third kappa shape index (κ3) is 2.49. The highest BCUT2D eigenvalue weighted by atomic mass is 79.9. The fourth-order valence-corrected chi connectivity index (χ4v) is 2.09. The van der Waals surface area contributed by atoms with E-state index in [2.05, 4.69) is 25.7 Å². The standard InChI is InChI=1S/C9H7BrClF2NO2/c1-16-9(15)6-4(2-10)7(11)14-3-5(6)8(12)13/h3,8H,2H2,1H3. The molecule has 1 rings (SSSR count). The molecule has 0 spiro atoms. The van der Waals surface area contributed by atoms with Crippen molar-refractivity contribution in [1.29, 1.82) is 0 Å². The molecule has 0 saturated heterocycles. The van der Waals surface area contributed by atoms with Crippen molar-refractivity contribution >= 4 is 33.5 Å². The maximum Gasteiger partial charge on any atom is 0.338 e. The van der Waals surface area contributed by atoms with Crippen molar-refractivity contribution in [2.75, 3.05) is 7.11 Å². The van der Waals surface area contributed by atoms with Crippen LogP contribution in [0.4, 0.5) is 8.78 Å². The first-order chi connectivity index (χ1) is 7.52. The van der Waals surface area contributed by atoms with E-state index in [1.54, 1.807) is 0 Å². The van der Waals surface area contributed by atoms with Crippen molar-refractivity contribution < 1.29 is 18.3 Å². The lowest BCUT2D eigenvalue weighted by Crippen LogP contribution is -2.11. The Morgan fingerprint density at radius 3 is 2.75 bits per heavy atom. The van der Waals surface area contributed by atoms with Crippen LogP contribution in [0.1, 0.15) is 27.9 Å². The number of nitrogens with zero attached hydrogens (tertiary/aromatic N) is 1. The number of carbonyl (C=O) groups excluding carboxylic acids is 1. The van der Waals surface area contributed by atoms with Crippen molar-refractivity contribution in [3.8, 4) is 0 Å². The second-order valence-corrected chi connectivity index (χ2v) is 3.70. The molecule has 0 bridgehead atoms. The highest BCUT2D eigenvalue weighted by molar-refractivity contribution is 9.08. The number of halogens is 4. The minimum absolute atomic E-state index is 0.00155. The maximum absolute atomic E-state index is 12.7. The van der Waals surface area contributed by atoms with Crippen LogP contribution in [-0.2, 0) is 10.1 Å². The van der Waals surface area contributed by atoms with Gasteiger partial charge in [-0.2, -0.15) is 0 Å². The van der Waals surface area contributed by atoms with E-state index in [1.807, 2.05) is 0 Å². The molecule has 1 aromatic heterocycles. The van der Waals surface area contributed by atoms with Crippen LogP contribution in [0.15, 0.2) is 6.20 Å². The molecule has 0 aliphatic rings. The minimum atomic E-state index is -2.81. The van der Waals surface area contributed by atoms with Crippen LogP contribution < -0.4 is 0 Å². The summed E-state index contributed by atoms with van der Waals surface area (Å²) in [5, 5.41) is 0.144. The zero-order chi connectivity index (χ0) is 12.3. The van der Waals surface area contributed by atoms with E-state index in [1.165, 1.54) is 0 Å². The van der Waals surface area contributed by atoms with Crippen molar-refractivity contribution in [1.82, 2.24) is 4.98 Å². The van der Waals surface area contributed by atoms with Crippen LogP contribution in [0.3, 0.4) is 0 Å². The molecular weight excluding hydrogens is 307 g/mol. The third-order valence-corrected chi connectivity index (χ3v) is 2.80. The van der Waals surface area contributed by atoms with E-state index in [0.29, 0.717) is 0 Å². The molecule has 0 saturated carbocycles. The van der Waals surface area contributed by atoms with E-state index in [9.17, 15) is 13.6 Å². The van der Waals surface area contributed by atoms with Crippen molar-refractivity contribution in [3.05, 3.63) is 28.0 Å². The Kier molecular flexibility index (Phi) is 4.61. The fourth-order valence-electron chi connectivity index (χ4n) is 1.18. The van der Waals surface area contributed by atoms with Gasteiger partial charge in [0.1, 0.15) is 5.15 Å². The molecule has 7 heteroatoms. The number of hydrogen-bond donors (Lipinski definition) is 0. The van der Waals surface area contributed by atoms with Gasteiger partial charge in [-0.1, -0.05) is 27.5 Å². The van der Waals surface area contributed by atoms with Gasteiger partial charge in [0.25, 0.3) is 6.43 Å². The molecule has 3 nitrogen and oxygen atoms in total. The van der Waals surface area contributed by atoms with E-state index in [-0.39, 0.29) is 21.6 Å². The predicted octanol–water partition coefficient (Wildman–Crippen LogP) is 3.35. The zero-order valence-corrected chi connectivity index (χ0v) is 10.5. The number of esters is 1. The largest absolute Gasteiger partial charge is 0.465 e. The van der Waals surface area contributed by atoms with Crippen molar-refractivity contribution in [2.45, 2.75) is 11.8 Å². The second kappa shape index (κ2) is 5.54. The Labute approximate surface area is 104 Å². The quantitative estimate of drug-likeness (QED) is 0.488. The average Bonchev–Trinajstić information content (AvgIpc) is 2.27. The number of carbonyl (C=O) groups is 1. The highest BCUT2D eigenvalue weighted by Crippen LogP contribution is 2.30. The van der Waals surface area contributed by atoms with Gasteiger partial charge in [-0.3, -0.25) is 0 Å². The van der Waals surface area contributed by atoms with Crippen molar-refractivity contribution in [3.63, 3.8) is 0 Å². The topological polar surface area (TPSA) is 39.2 Å². The summed E-state index contributed by atoms with van der Waals surface area (Å²) in [5.74, 6) is -0.853. The number of aromatic nitrogens is 1.